The Morgan fingerprint density at radius 2 is 1.77 bits per heavy atom. The van der Waals surface area contributed by atoms with Gasteiger partial charge in [0.2, 0.25) is 5.91 Å². The molecule has 2 N–H and O–H groups in total. The monoisotopic (exact) mass is 349 g/mol. The summed E-state index contributed by atoms with van der Waals surface area (Å²) >= 11 is 0. The van der Waals surface area contributed by atoms with Crippen LogP contribution in [-0.2, 0) is 17.9 Å². The van der Waals surface area contributed by atoms with E-state index >= 15 is 0 Å². The highest BCUT2D eigenvalue weighted by Crippen LogP contribution is 2.22. The van der Waals surface area contributed by atoms with Crippen LogP contribution in [0.4, 0.5) is 0 Å². The van der Waals surface area contributed by atoms with Crippen molar-refractivity contribution >= 4 is 22.8 Å². The lowest BCUT2D eigenvalue weighted by Gasteiger charge is -2.15. The van der Waals surface area contributed by atoms with Crippen molar-refractivity contribution in [2.45, 2.75) is 25.9 Å². The average Bonchev–Trinajstić information content (AvgIpc) is 3.30. The van der Waals surface area contributed by atoms with Crippen LogP contribution in [0.3, 0.4) is 0 Å². The zero-order valence-corrected chi connectivity index (χ0v) is 14.2. The molecule has 1 aliphatic heterocycles. The highest BCUT2D eigenvalue weighted by molar-refractivity contribution is 5.97. The average molecular weight is 349 g/mol. The van der Waals surface area contributed by atoms with Gasteiger partial charge in [-0.25, -0.2) is 0 Å². The van der Waals surface area contributed by atoms with Crippen molar-refractivity contribution in [3.8, 4) is 0 Å². The zero-order chi connectivity index (χ0) is 17.9. The van der Waals surface area contributed by atoms with Gasteiger partial charge in [-0.3, -0.25) is 9.59 Å². The maximum Gasteiger partial charge on any atom is 0.251 e. The number of hydrogen-bond acceptors (Lipinski definition) is 4. The van der Waals surface area contributed by atoms with Gasteiger partial charge in [-0.1, -0.05) is 24.3 Å². The van der Waals surface area contributed by atoms with Crippen molar-refractivity contribution in [2.24, 2.45) is 0 Å². The molecule has 7 heteroatoms. The number of amides is 2. The van der Waals surface area contributed by atoms with Crippen molar-refractivity contribution in [2.75, 3.05) is 6.54 Å². The normalized spacial score (nSPS) is 13.0. The molecule has 2 aromatic carbocycles. The third-order valence-corrected chi connectivity index (χ3v) is 4.62. The molecule has 0 saturated heterocycles. The summed E-state index contributed by atoms with van der Waals surface area (Å²) < 4.78 is 0. The van der Waals surface area contributed by atoms with Crippen LogP contribution in [0.1, 0.15) is 34.3 Å². The van der Waals surface area contributed by atoms with Gasteiger partial charge >= 0.3 is 0 Å². The first-order valence-electron chi connectivity index (χ1n) is 8.64. The Balaban J connectivity index is 1.24. The topological polar surface area (TPSA) is 91.0 Å². The molecule has 0 radical (unpaired) electrons. The van der Waals surface area contributed by atoms with E-state index in [4.69, 9.17) is 0 Å². The highest BCUT2D eigenvalue weighted by Gasteiger charge is 2.22. The fourth-order valence-electron chi connectivity index (χ4n) is 3.19. The lowest BCUT2D eigenvalue weighted by atomic mass is 10.1. The van der Waals surface area contributed by atoms with Gasteiger partial charge in [0.1, 0.15) is 11.0 Å². The molecule has 2 heterocycles. The Labute approximate surface area is 150 Å². The van der Waals surface area contributed by atoms with Crippen LogP contribution in [0.2, 0.25) is 0 Å². The number of aromatic amines is 1. The van der Waals surface area contributed by atoms with E-state index in [1.165, 1.54) is 11.1 Å². The molecule has 0 bridgehead atoms. The van der Waals surface area contributed by atoms with E-state index in [1.54, 1.807) is 18.2 Å². The lowest BCUT2D eigenvalue weighted by molar-refractivity contribution is -0.131. The molecule has 2 amide bonds. The van der Waals surface area contributed by atoms with Gasteiger partial charge < -0.3 is 10.2 Å². The van der Waals surface area contributed by atoms with E-state index in [-0.39, 0.29) is 11.8 Å². The third kappa shape index (κ3) is 3.28. The third-order valence-electron chi connectivity index (χ3n) is 4.62. The molecule has 0 unspecified atom stereocenters. The molecule has 0 spiro atoms. The summed E-state index contributed by atoms with van der Waals surface area (Å²) in [6.07, 6.45) is 1.04. The van der Waals surface area contributed by atoms with Crippen molar-refractivity contribution in [3.05, 3.63) is 59.2 Å². The van der Waals surface area contributed by atoms with Crippen molar-refractivity contribution in [1.29, 1.82) is 0 Å². The van der Waals surface area contributed by atoms with E-state index in [1.807, 2.05) is 17.0 Å². The molecule has 0 aliphatic carbocycles. The summed E-state index contributed by atoms with van der Waals surface area (Å²) in [7, 11) is 0. The molecule has 4 rings (SSSR count). The smallest absolute Gasteiger partial charge is 0.251 e. The summed E-state index contributed by atoms with van der Waals surface area (Å²) in [5.74, 6) is -0.0459. The van der Waals surface area contributed by atoms with Crippen LogP contribution in [-0.4, -0.2) is 38.7 Å². The number of nitrogens with one attached hydrogen (secondary N) is 2. The van der Waals surface area contributed by atoms with Crippen LogP contribution in [0.15, 0.2) is 42.5 Å². The molecule has 3 aromatic rings. The molecule has 0 atom stereocenters. The highest BCUT2D eigenvalue weighted by atomic mass is 16.2. The van der Waals surface area contributed by atoms with Gasteiger partial charge in [0.15, 0.2) is 0 Å². The van der Waals surface area contributed by atoms with E-state index in [0.717, 1.165) is 5.52 Å². The predicted molar refractivity (Wildman–Crippen MR) is 96.2 cm³/mol. The maximum absolute atomic E-state index is 12.3. The fourth-order valence-corrected chi connectivity index (χ4v) is 3.19. The van der Waals surface area contributed by atoms with E-state index in [0.29, 0.717) is 43.6 Å². The molecule has 0 fully saturated rings. The van der Waals surface area contributed by atoms with Gasteiger partial charge in [-0.2, -0.15) is 15.4 Å². The summed E-state index contributed by atoms with van der Waals surface area (Å²) in [4.78, 5) is 26.4. The van der Waals surface area contributed by atoms with Crippen molar-refractivity contribution in [3.63, 3.8) is 0 Å². The first-order valence-corrected chi connectivity index (χ1v) is 8.64. The molecular weight excluding hydrogens is 330 g/mol. The van der Waals surface area contributed by atoms with Crippen LogP contribution < -0.4 is 5.32 Å². The van der Waals surface area contributed by atoms with Crippen LogP contribution in [0.5, 0.6) is 0 Å². The number of benzene rings is 2. The Morgan fingerprint density at radius 1 is 1.04 bits per heavy atom. The van der Waals surface area contributed by atoms with Gasteiger partial charge in [-0.05, 0) is 35.7 Å². The second kappa shape index (κ2) is 6.95. The Bertz CT molecular complexity index is 940. The number of H-pyrrole nitrogens is 1. The van der Waals surface area contributed by atoms with Crippen LogP contribution in [0.25, 0.3) is 11.0 Å². The number of rotatable bonds is 5. The SMILES string of the molecule is O=C(NCCCC(=O)N1Cc2ccccc2C1)c1ccc2n[nH]nc2c1. The Kier molecular flexibility index (Phi) is 4.35. The summed E-state index contributed by atoms with van der Waals surface area (Å²) in [5.41, 5.74) is 4.35. The maximum atomic E-state index is 12.3. The molecule has 0 saturated carbocycles. The fraction of sp³-hybridized carbons (Fsp3) is 0.263. The van der Waals surface area contributed by atoms with E-state index in [2.05, 4.69) is 32.9 Å². The first kappa shape index (κ1) is 16.3. The minimum absolute atomic E-state index is 0.125. The molecule has 7 nitrogen and oxygen atoms in total. The van der Waals surface area contributed by atoms with Crippen molar-refractivity contribution < 1.29 is 9.59 Å². The second-order valence-corrected chi connectivity index (χ2v) is 6.41. The number of carbonyl (C=O) groups excluding carboxylic acids is 2. The predicted octanol–water partition coefficient (Wildman–Crippen LogP) is 2.01. The largest absolute Gasteiger partial charge is 0.352 e. The summed E-state index contributed by atoms with van der Waals surface area (Å²) in [5, 5.41) is 13.3. The summed E-state index contributed by atoms with van der Waals surface area (Å²) in [6, 6.07) is 13.3. The summed E-state index contributed by atoms with van der Waals surface area (Å²) in [6.45, 7) is 1.82. The molecule has 132 valence electrons. The van der Waals surface area contributed by atoms with Gasteiger partial charge in [-0.15, -0.1) is 0 Å². The lowest BCUT2D eigenvalue weighted by Crippen LogP contribution is -2.28. The zero-order valence-electron chi connectivity index (χ0n) is 14.2. The number of hydrogen-bond donors (Lipinski definition) is 2. The van der Waals surface area contributed by atoms with Gasteiger partial charge in [0, 0.05) is 31.6 Å². The molecular formula is C19H19N5O2. The van der Waals surface area contributed by atoms with Gasteiger partial charge in [0.25, 0.3) is 5.91 Å². The van der Waals surface area contributed by atoms with Crippen LogP contribution in [0, 0.1) is 0 Å². The molecule has 1 aromatic heterocycles. The minimum Gasteiger partial charge on any atom is -0.352 e. The number of nitrogens with zero attached hydrogens (tertiary/aromatic N) is 3. The number of carbonyl (C=O) groups is 2. The molecule has 1 aliphatic rings. The number of aromatic nitrogens is 3. The van der Waals surface area contributed by atoms with E-state index < -0.39 is 0 Å². The molecule has 26 heavy (non-hydrogen) atoms. The minimum atomic E-state index is -0.170. The van der Waals surface area contributed by atoms with Crippen molar-refractivity contribution in [1.82, 2.24) is 25.6 Å². The van der Waals surface area contributed by atoms with E-state index in [9.17, 15) is 9.59 Å². The van der Waals surface area contributed by atoms with Crippen LogP contribution >= 0.6 is 0 Å². The number of fused-ring (bicyclic) bond motifs is 2. The Morgan fingerprint density at radius 3 is 2.54 bits per heavy atom. The van der Waals surface area contributed by atoms with Gasteiger partial charge in [0.05, 0.1) is 0 Å². The Hall–Kier alpha value is -3.22. The standard InChI is InChI=1S/C19H19N5O2/c25-18(24-11-14-4-1-2-5-15(14)12-24)6-3-9-20-19(26)13-7-8-16-17(10-13)22-23-21-16/h1-2,4-5,7-8,10H,3,6,9,11-12H2,(H,20,26)(H,21,22,23). The quantitative estimate of drug-likeness (QED) is 0.690. The first-order chi connectivity index (χ1) is 12.7. The second-order valence-electron chi connectivity index (χ2n) is 6.41.